The van der Waals surface area contributed by atoms with Crippen molar-refractivity contribution >= 4 is 5.91 Å². The highest BCUT2D eigenvalue weighted by molar-refractivity contribution is 5.94. The molecular formula is C30H31F2N5O2. The minimum Gasteiger partial charge on any atom is -0.485 e. The Morgan fingerprint density at radius 2 is 1.74 bits per heavy atom. The van der Waals surface area contributed by atoms with Crippen molar-refractivity contribution in [2.75, 3.05) is 0 Å². The lowest BCUT2D eigenvalue weighted by Crippen LogP contribution is -2.26. The highest BCUT2D eigenvalue weighted by Crippen LogP contribution is 2.42. The van der Waals surface area contributed by atoms with Gasteiger partial charge in [-0.1, -0.05) is 48.0 Å². The van der Waals surface area contributed by atoms with E-state index in [1.165, 1.54) is 18.6 Å². The van der Waals surface area contributed by atoms with Crippen LogP contribution in [-0.4, -0.2) is 26.5 Å². The Kier molecular flexibility index (Phi) is 7.41. The Bertz CT molecular complexity index is 1400. The standard InChI is InChI=1S/C30H31F2N5O2/c1-18-15-25(16-19(2)27(18)20-11-13-24(14-12-20)30(3,31)32)39-28(21-5-4-6-21)22-7-9-23(10-8-22)29(38)33-17-26-34-36-37-35-26/h7-16,21,28H,4-6,17H2,1-3H3,(H,33,38)(H,34,35,36,37). The first kappa shape index (κ1) is 26.5. The molecule has 3 aromatic carbocycles. The van der Waals surface area contributed by atoms with Crippen molar-refractivity contribution in [1.82, 2.24) is 25.9 Å². The molecule has 1 unspecified atom stereocenters. The number of aromatic amines is 1. The lowest BCUT2D eigenvalue weighted by molar-refractivity contribution is 0.0175. The Hall–Kier alpha value is -4.14. The van der Waals surface area contributed by atoms with Crippen LogP contribution < -0.4 is 10.1 Å². The number of hydrogen-bond donors (Lipinski definition) is 2. The molecule has 1 amide bonds. The van der Waals surface area contributed by atoms with Crippen molar-refractivity contribution < 1.29 is 18.3 Å². The summed E-state index contributed by atoms with van der Waals surface area (Å²) in [5.74, 6) is -1.51. The molecule has 5 rings (SSSR count). The molecule has 1 aliphatic rings. The monoisotopic (exact) mass is 531 g/mol. The number of carbonyl (C=O) groups is 1. The van der Waals surface area contributed by atoms with Crippen LogP contribution in [0.4, 0.5) is 8.78 Å². The van der Waals surface area contributed by atoms with Gasteiger partial charge in [0.05, 0.1) is 6.54 Å². The second kappa shape index (κ2) is 10.9. The average Bonchev–Trinajstić information content (AvgIpc) is 3.39. The number of nitrogens with zero attached hydrogens (tertiary/aromatic N) is 3. The molecule has 4 aromatic rings. The van der Waals surface area contributed by atoms with Crippen LogP contribution in [0, 0.1) is 19.8 Å². The van der Waals surface area contributed by atoms with E-state index in [-0.39, 0.29) is 24.1 Å². The molecule has 0 spiro atoms. The summed E-state index contributed by atoms with van der Waals surface area (Å²) in [5.41, 5.74) is 5.50. The number of amides is 1. The van der Waals surface area contributed by atoms with Crippen LogP contribution in [0.15, 0.2) is 60.7 Å². The van der Waals surface area contributed by atoms with Crippen molar-refractivity contribution in [3.05, 3.63) is 94.3 Å². The van der Waals surface area contributed by atoms with E-state index in [2.05, 4.69) is 25.9 Å². The van der Waals surface area contributed by atoms with Crippen molar-refractivity contribution in [1.29, 1.82) is 0 Å². The fraction of sp³-hybridized carbons (Fsp3) is 0.333. The van der Waals surface area contributed by atoms with Gasteiger partial charge in [-0.2, -0.15) is 5.21 Å². The molecule has 1 aliphatic carbocycles. The van der Waals surface area contributed by atoms with Gasteiger partial charge in [-0.3, -0.25) is 4.79 Å². The van der Waals surface area contributed by atoms with E-state index in [4.69, 9.17) is 4.74 Å². The number of hydrogen-bond acceptors (Lipinski definition) is 5. The summed E-state index contributed by atoms with van der Waals surface area (Å²) in [5, 5.41) is 16.3. The zero-order valence-electron chi connectivity index (χ0n) is 22.2. The van der Waals surface area contributed by atoms with Crippen molar-refractivity contribution in [2.45, 2.75) is 58.6 Å². The summed E-state index contributed by atoms with van der Waals surface area (Å²) in [6.07, 6.45) is 3.21. The molecule has 0 saturated heterocycles. The maximum atomic E-state index is 13.7. The summed E-state index contributed by atoms with van der Waals surface area (Å²) in [7, 11) is 0. The summed E-state index contributed by atoms with van der Waals surface area (Å²) in [4.78, 5) is 12.5. The summed E-state index contributed by atoms with van der Waals surface area (Å²) in [6, 6.07) is 18.0. The molecule has 1 heterocycles. The van der Waals surface area contributed by atoms with Crippen molar-refractivity contribution in [3.63, 3.8) is 0 Å². The largest absolute Gasteiger partial charge is 0.485 e. The van der Waals surface area contributed by atoms with Gasteiger partial charge in [0.2, 0.25) is 0 Å². The van der Waals surface area contributed by atoms with E-state index < -0.39 is 5.92 Å². The minimum absolute atomic E-state index is 0.000303. The van der Waals surface area contributed by atoms with Crippen molar-refractivity contribution in [3.8, 4) is 16.9 Å². The van der Waals surface area contributed by atoms with Crippen LogP contribution in [0.2, 0.25) is 0 Å². The topological polar surface area (TPSA) is 92.8 Å². The second-order valence-corrected chi connectivity index (χ2v) is 10.3. The van der Waals surface area contributed by atoms with Crippen LogP contribution >= 0.6 is 0 Å². The molecule has 0 aliphatic heterocycles. The third kappa shape index (κ3) is 5.97. The van der Waals surface area contributed by atoms with E-state index in [1.54, 1.807) is 24.3 Å². The Morgan fingerprint density at radius 1 is 1.08 bits per heavy atom. The Balaban J connectivity index is 1.33. The van der Waals surface area contributed by atoms with Gasteiger partial charge in [0.25, 0.3) is 11.8 Å². The van der Waals surface area contributed by atoms with Gasteiger partial charge in [-0.15, -0.1) is 10.2 Å². The zero-order valence-corrected chi connectivity index (χ0v) is 22.2. The van der Waals surface area contributed by atoms with Crippen LogP contribution in [0.1, 0.15) is 70.7 Å². The number of carbonyl (C=O) groups excluding carboxylic acids is 1. The molecule has 1 atom stereocenters. The lowest BCUT2D eigenvalue weighted by atomic mass is 9.78. The number of aryl methyl sites for hydroxylation is 2. The molecule has 0 bridgehead atoms. The van der Waals surface area contributed by atoms with Gasteiger partial charge >= 0.3 is 0 Å². The number of tetrazole rings is 1. The van der Waals surface area contributed by atoms with Crippen LogP contribution in [0.3, 0.4) is 0 Å². The number of nitrogens with one attached hydrogen (secondary N) is 2. The molecule has 0 radical (unpaired) electrons. The third-order valence-electron chi connectivity index (χ3n) is 7.33. The van der Waals surface area contributed by atoms with Gasteiger partial charge < -0.3 is 10.1 Å². The van der Waals surface area contributed by atoms with E-state index >= 15 is 0 Å². The van der Waals surface area contributed by atoms with Gasteiger partial charge in [0.15, 0.2) is 5.82 Å². The second-order valence-electron chi connectivity index (χ2n) is 10.3. The van der Waals surface area contributed by atoms with Gasteiger partial charge in [0.1, 0.15) is 11.9 Å². The third-order valence-corrected chi connectivity index (χ3v) is 7.33. The quantitative estimate of drug-likeness (QED) is 0.259. The normalized spacial score (nSPS) is 14.5. The number of aromatic nitrogens is 4. The molecule has 9 heteroatoms. The first-order valence-corrected chi connectivity index (χ1v) is 13.1. The van der Waals surface area contributed by atoms with E-state index in [9.17, 15) is 13.6 Å². The van der Waals surface area contributed by atoms with Crippen LogP contribution in [0.5, 0.6) is 5.75 Å². The highest BCUT2D eigenvalue weighted by atomic mass is 19.3. The summed E-state index contributed by atoms with van der Waals surface area (Å²) < 4.78 is 33.9. The Morgan fingerprint density at radius 3 is 2.28 bits per heavy atom. The maximum absolute atomic E-state index is 13.7. The minimum atomic E-state index is -2.87. The number of ether oxygens (including phenoxy) is 1. The smallest absolute Gasteiger partial charge is 0.270 e. The summed E-state index contributed by atoms with van der Waals surface area (Å²) >= 11 is 0. The molecule has 1 fully saturated rings. The van der Waals surface area contributed by atoms with E-state index in [0.717, 1.165) is 53.3 Å². The van der Waals surface area contributed by atoms with Crippen LogP contribution in [0.25, 0.3) is 11.1 Å². The van der Waals surface area contributed by atoms with Gasteiger partial charge in [-0.25, -0.2) is 8.78 Å². The predicted octanol–water partition coefficient (Wildman–Crippen LogP) is 6.45. The molecule has 2 N–H and O–H groups in total. The number of benzene rings is 3. The first-order valence-electron chi connectivity index (χ1n) is 13.1. The molecule has 39 heavy (non-hydrogen) atoms. The highest BCUT2D eigenvalue weighted by Gasteiger charge is 2.31. The molecule has 1 aromatic heterocycles. The Labute approximate surface area is 226 Å². The summed E-state index contributed by atoms with van der Waals surface area (Å²) in [6.45, 7) is 5.12. The fourth-order valence-electron chi connectivity index (χ4n) is 5.05. The number of alkyl halides is 2. The fourth-order valence-corrected chi connectivity index (χ4v) is 5.05. The lowest BCUT2D eigenvalue weighted by Gasteiger charge is -2.34. The van der Waals surface area contributed by atoms with Crippen LogP contribution in [-0.2, 0) is 12.5 Å². The van der Waals surface area contributed by atoms with E-state index in [0.29, 0.717) is 17.3 Å². The molecule has 202 valence electrons. The molecular weight excluding hydrogens is 500 g/mol. The number of rotatable bonds is 9. The van der Waals surface area contributed by atoms with Gasteiger partial charge in [0, 0.05) is 24.0 Å². The number of halogens is 2. The SMILES string of the molecule is Cc1cc(OC(c2ccc(C(=O)NCc3nn[nH]n3)cc2)C2CCC2)cc(C)c1-c1ccc(C(C)(F)F)cc1. The average molecular weight is 532 g/mol. The van der Waals surface area contributed by atoms with Gasteiger partial charge in [-0.05, 0) is 78.8 Å². The number of H-pyrrole nitrogens is 1. The first-order chi connectivity index (χ1) is 18.7. The molecule has 7 nitrogen and oxygen atoms in total. The van der Waals surface area contributed by atoms with E-state index in [1.807, 2.05) is 38.1 Å². The maximum Gasteiger partial charge on any atom is 0.270 e. The predicted molar refractivity (Wildman–Crippen MR) is 143 cm³/mol. The zero-order chi connectivity index (χ0) is 27.6. The molecule has 1 saturated carbocycles. The van der Waals surface area contributed by atoms with Crippen molar-refractivity contribution in [2.24, 2.45) is 5.92 Å².